The van der Waals surface area contributed by atoms with E-state index in [1.54, 1.807) is 13.2 Å². The number of carbonyl (C=O) groups is 1. The molecular weight excluding hydrogens is 344 g/mol. The number of hydrogen-bond donors (Lipinski definition) is 1. The SMILES string of the molecule is CCOc1ccc(C=C2N=C(c3ccccc3OC)NC2=O)cc1OCC. The fourth-order valence-electron chi connectivity index (χ4n) is 2.75. The highest BCUT2D eigenvalue weighted by Crippen LogP contribution is 2.30. The van der Waals surface area contributed by atoms with Crippen LogP contribution in [0, 0.1) is 0 Å². The van der Waals surface area contributed by atoms with E-state index in [4.69, 9.17) is 14.2 Å². The summed E-state index contributed by atoms with van der Waals surface area (Å²) < 4.78 is 16.5. The molecule has 0 unspecified atom stereocenters. The summed E-state index contributed by atoms with van der Waals surface area (Å²) in [6, 6.07) is 13.0. The molecule has 2 aromatic carbocycles. The molecular formula is C21H22N2O4. The number of ether oxygens (including phenoxy) is 3. The van der Waals surface area contributed by atoms with Crippen LogP contribution in [0.1, 0.15) is 25.0 Å². The normalized spacial score (nSPS) is 14.7. The van der Waals surface area contributed by atoms with Crippen molar-refractivity contribution < 1.29 is 19.0 Å². The highest BCUT2D eigenvalue weighted by atomic mass is 16.5. The molecule has 0 saturated carbocycles. The molecule has 27 heavy (non-hydrogen) atoms. The summed E-state index contributed by atoms with van der Waals surface area (Å²) in [4.78, 5) is 16.8. The van der Waals surface area contributed by atoms with Gasteiger partial charge in [-0.2, -0.15) is 0 Å². The van der Waals surface area contributed by atoms with Gasteiger partial charge in [0.1, 0.15) is 17.3 Å². The summed E-state index contributed by atoms with van der Waals surface area (Å²) in [5.74, 6) is 2.18. The van der Waals surface area contributed by atoms with Crippen molar-refractivity contribution in [2.45, 2.75) is 13.8 Å². The van der Waals surface area contributed by atoms with Gasteiger partial charge in [-0.3, -0.25) is 4.79 Å². The lowest BCUT2D eigenvalue weighted by atomic mass is 10.1. The second-order valence-corrected chi connectivity index (χ2v) is 5.72. The molecule has 1 aliphatic heterocycles. The van der Waals surface area contributed by atoms with Crippen molar-refractivity contribution in [1.82, 2.24) is 5.32 Å². The summed E-state index contributed by atoms with van der Waals surface area (Å²) in [5, 5.41) is 2.79. The van der Waals surface area contributed by atoms with Crippen LogP contribution in [-0.4, -0.2) is 32.1 Å². The molecule has 6 nitrogen and oxygen atoms in total. The van der Waals surface area contributed by atoms with E-state index in [0.717, 1.165) is 11.1 Å². The largest absolute Gasteiger partial charge is 0.496 e. The van der Waals surface area contributed by atoms with Crippen LogP contribution >= 0.6 is 0 Å². The third-order valence-electron chi connectivity index (χ3n) is 3.93. The maximum atomic E-state index is 12.4. The minimum absolute atomic E-state index is 0.261. The van der Waals surface area contributed by atoms with Gasteiger partial charge in [0.2, 0.25) is 0 Å². The number of carbonyl (C=O) groups excluding carboxylic acids is 1. The summed E-state index contributed by atoms with van der Waals surface area (Å²) in [6.07, 6.45) is 1.72. The first kappa shape index (κ1) is 18.5. The van der Waals surface area contributed by atoms with Crippen molar-refractivity contribution in [3.8, 4) is 17.2 Å². The van der Waals surface area contributed by atoms with Gasteiger partial charge >= 0.3 is 0 Å². The number of para-hydroxylation sites is 1. The molecule has 1 amide bonds. The molecule has 0 aliphatic carbocycles. The highest BCUT2D eigenvalue weighted by Gasteiger charge is 2.23. The lowest BCUT2D eigenvalue weighted by Crippen LogP contribution is -2.25. The van der Waals surface area contributed by atoms with Gasteiger partial charge < -0.3 is 19.5 Å². The zero-order valence-electron chi connectivity index (χ0n) is 15.6. The molecule has 140 valence electrons. The van der Waals surface area contributed by atoms with Crippen molar-refractivity contribution >= 4 is 17.8 Å². The third kappa shape index (κ3) is 4.11. The fourth-order valence-corrected chi connectivity index (χ4v) is 2.75. The minimum atomic E-state index is -0.261. The lowest BCUT2D eigenvalue weighted by Gasteiger charge is -2.11. The molecule has 0 saturated heterocycles. The molecule has 6 heteroatoms. The van der Waals surface area contributed by atoms with Crippen LogP contribution in [0.2, 0.25) is 0 Å². The van der Waals surface area contributed by atoms with Crippen molar-refractivity contribution in [1.29, 1.82) is 0 Å². The maximum absolute atomic E-state index is 12.4. The standard InChI is InChI=1S/C21H22N2O4/c1-4-26-18-11-10-14(13-19(18)27-5-2)12-16-21(24)23-20(22-16)15-8-6-7-9-17(15)25-3/h6-13H,4-5H2,1-3H3,(H,22,23,24). The number of methoxy groups -OCH3 is 1. The first-order chi connectivity index (χ1) is 13.2. The highest BCUT2D eigenvalue weighted by molar-refractivity contribution is 6.20. The Morgan fingerprint density at radius 3 is 2.48 bits per heavy atom. The molecule has 0 atom stereocenters. The number of aliphatic imine (C=N–C) groups is 1. The van der Waals surface area contributed by atoms with Gasteiger partial charge in [0, 0.05) is 0 Å². The zero-order chi connectivity index (χ0) is 19.2. The van der Waals surface area contributed by atoms with Gasteiger partial charge in [-0.15, -0.1) is 0 Å². The minimum Gasteiger partial charge on any atom is -0.496 e. The van der Waals surface area contributed by atoms with E-state index >= 15 is 0 Å². The van der Waals surface area contributed by atoms with E-state index in [1.165, 1.54) is 0 Å². The van der Waals surface area contributed by atoms with Crippen molar-refractivity contribution in [3.05, 3.63) is 59.3 Å². The molecule has 2 aromatic rings. The van der Waals surface area contributed by atoms with Crippen LogP contribution in [-0.2, 0) is 4.79 Å². The van der Waals surface area contributed by atoms with Crippen LogP contribution in [0.3, 0.4) is 0 Å². The quantitative estimate of drug-likeness (QED) is 0.763. The Kier molecular flexibility index (Phi) is 5.76. The number of benzene rings is 2. The second-order valence-electron chi connectivity index (χ2n) is 5.72. The molecule has 0 fully saturated rings. The first-order valence-corrected chi connectivity index (χ1v) is 8.81. The summed E-state index contributed by atoms with van der Waals surface area (Å²) in [6.45, 7) is 4.91. The molecule has 3 rings (SSSR count). The van der Waals surface area contributed by atoms with Crippen LogP contribution in [0.5, 0.6) is 17.2 Å². The maximum Gasteiger partial charge on any atom is 0.275 e. The Bertz CT molecular complexity index is 903. The van der Waals surface area contributed by atoms with E-state index in [2.05, 4.69) is 10.3 Å². The zero-order valence-corrected chi connectivity index (χ0v) is 15.6. The molecule has 0 spiro atoms. The monoisotopic (exact) mass is 366 g/mol. The third-order valence-corrected chi connectivity index (χ3v) is 3.93. The van der Waals surface area contributed by atoms with E-state index in [9.17, 15) is 4.79 Å². The predicted octanol–water partition coefficient (Wildman–Crippen LogP) is 3.41. The number of nitrogens with zero attached hydrogens (tertiary/aromatic N) is 1. The van der Waals surface area contributed by atoms with E-state index in [-0.39, 0.29) is 5.91 Å². The number of amidine groups is 1. The molecule has 0 aromatic heterocycles. The van der Waals surface area contributed by atoms with Gasteiger partial charge in [0.25, 0.3) is 5.91 Å². The number of rotatable bonds is 7. The summed E-state index contributed by atoms with van der Waals surface area (Å²) >= 11 is 0. The molecule has 1 aliphatic rings. The molecule has 1 N–H and O–H groups in total. The first-order valence-electron chi connectivity index (χ1n) is 8.81. The Labute approximate surface area is 158 Å². The van der Waals surface area contributed by atoms with E-state index < -0.39 is 0 Å². The van der Waals surface area contributed by atoms with E-state index in [1.807, 2.05) is 56.3 Å². The smallest absolute Gasteiger partial charge is 0.275 e. The average Bonchev–Trinajstić information content (AvgIpc) is 3.04. The number of nitrogens with one attached hydrogen (secondary N) is 1. The number of amides is 1. The van der Waals surface area contributed by atoms with Gasteiger partial charge in [-0.25, -0.2) is 4.99 Å². The Balaban J connectivity index is 1.93. The van der Waals surface area contributed by atoms with Gasteiger partial charge in [-0.05, 0) is 49.8 Å². The summed E-state index contributed by atoms with van der Waals surface area (Å²) in [7, 11) is 1.59. The van der Waals surface area contributed by atoms with Crippen LogP contribution in [0.25, 0.3) is 6.08 Å². The Hall–Kier alpha value is -3.28. The Morgan fingerprint density at radius 1 is 1.00 bits per heavy atom. The van der Waals surface area contributed by atoms with Crippen LogP contribution < -0.4 is 19.5 Å². The van der Waals surface area contributed by atoms with Gasteiger partial charge in [0.15, 0.2) is 11.5 Å². The van der Waals surface area contributed by atoms with Gasteiger partial charge in [-0.1, -0.05) is 18.2 Å². The Morgan fingerprint density at radius 2 is 1.74 bits per heavy atom. The van der Waals surface area contributed by atoms with Crippen LogP contribution in [0.15, 0.2) is 53.2 Å². The van der Waals surface area contributed by atoms with Crippen LogP contribution in [0.4, 0.5) is 0 Å². The molecule has 0 radical (unpaired) electrons. The topological polar surface area (TPSA) is 69.2 Å². The van der Waals surface area contributed by atoms with Crippen molar-refractivity contribution in [3.63, 3.8) is 0 Å². The molecule has 1 heterocycles. The predicted molar refractivity (Wildman–Crippen MR) is 104 cm³/mol. The van der Waals surface area contributed by atoms with Gasteiger partial charge in [0.05, 0.1) is 25.9 Å². The van der Waals surface area contributed by atoms with E-state index in [0.29, 0.717) is 42.0 Å². The van der Waals surface area contributed by atoms with Crippen molar-refractivity contribution in [2.75, 3.05) is 20.3 Å². The average molecular weight is 366 g/mol. The molecule has 0 bridgehead atoms. The number of hydrogen-bond acceptors (Lipinski definition) is 5. The van der Waals surface area contributed by atoms with Crippen molar-refractivity contribution in [2.24, 2.45) is 4.99 Å². The lowest BCUT2D eigenvalue weighted by molar-refractivity contribution is -0.115. The summed E-state index contributed by atoms with van der Waals surface area (Å²) in [5.41, 5.74) is 1.86. The fraction of sp³-hybridized carbons (Fsp3) is 0.238. The second kappa shape index (κ2) is 8.40.